The fourth-order valence-electron chi connectivity index (χ4n) is 0.956. The molecule has 0 nitrogen and oxygen atoms in total. The van der Waals surface area contributed by atoms with Crippen LogP contribution in [0, 0.1) is 0 Å². The lowest BCUT2D eigenvalue weighted by molar-refractivity contribution is 1.40. The third kappa shape index (κ3) is 3.47. The van der Waals surface area contributed by atoms with Crippen molar-refractivity contribution in [2.45, 2.75) is 12.8 Å². The second kappa shape index (κ2) is 4.88. The lowest BCUT2D eigenvalue weighted by Gasteiger charge is -1.96. The first-order chi connectivity index (χ1) is 6.22. The zero-order chi connectivity index (χ0) is 9.68. The first-order valence-electron chi connectivity index (χ1n) is 4.21. The Morgan fingerprint density at radius 2 is 2.00 bits per heavy atom. The minimum atomic E-state index is 0.574. The van der Waals surface area contributed by atoms with Gasteiger partial charge in [-0.25, -0.2) is 0 Å². The van der Waals surface area contributed by atoms with Gasteiger partial charge in [0.15, 0.2) is 0 Å². The largest absolute Gasteiger partial charge is 0.122 e. The van der Waals surface area contributed by atoms with Gasteiger partial charge in [-0.15, -0.1) is 11.6 Å². The Hall–Kier alpha value is -1.01. The van der Waals surface area contributed by atoms with Gasteiger partial charge in [0.25, 0.3) is 0 Å². The SMILES string of the molecule is C=C(C)C=Cc1ccc(CCl)cc1. The molecule has 0 radical (unpaired) electrons. The van der Waals surface area contributed by atoms with E-state index in [9.17, 15) is 0 Å². The van der Waals surface area contributed by atoms with Crippen LogP contribution in [0.4, 0.5) is 0 Å². The number of allylic oxidation sites excluding steroid dienone is 2. The Labute approximate surface area is 84.5 Å². The average molecular weight is 193 g/mol. The second-order valence-corrected chi connectivity index (χ2v) is 3.32. The van der Waals surface area contributed by atoms with E-state index in [1.54, 1.807) is 0 Å². The van der Waals surface area contributed by atoms with Gasteiger partial charge in [-0.2, -0.15) is 0 Å². The van der Waals surface area contributed by atoms with Gasteiger partial charge in [0.05, 0.1) is 0 Å². The van der Waals surface area contributed by atoms with Gasteiger partial charge in [0, 0.05) is 5.88 Å². The first kappa shape index (κ1) is 10.1. The molecule has 0 spiro atoms. The molecule has 0 aliphatic carbocycles. The fraction of sp³-hybridized carbons (Fsp3) is 0.167. The molecule has 1 rings (SSSR count). The molecule has 0 N–H and O–H groups in total. The van der Waals surface area contributed by atoms with Crippen molar-refractivity contribution in [3.8, 4) is 0 Å². The molecule has 1 aromatic rings. The highest BCUT2D eigenvalue weighted by atomic mass is 35.5. The van der Waals surface area contributed by atoms with Crippen LogP contribution in [-0.2, 0) is 5.88 Å². The molecule has 68 valence electrons. The maximum atomic E-state index is 5.67. The minimum Gasteiger partial charge on any atom is -0.122 e. The highest BCUT2D eigenvalue weighted by Crippen LogP contribution is 2.08. The molecule has 13 heavy (non-hydrogen) atoms. The first-order valence-corrected chi connectivity index (χ1v) is 4.74. The number of benzene rings is 1. The van der Waals surface area contributed by atoms with E-state index in [4.69, 9.17) is 11.6 Å². The van der Waals surface area contributed by atoms with Crippen molar-refractivity contribution in [2.75, 3.05) is 0 Å². The molecule has 0 bridgehead atoms. The van der Waals surface area contributed by atoms with Crippen LogP contribution in [0.2, 0.25) is 0 Å². The number of alkyl halides is 1. The summed E-state index contributed by atoms with van der Waals surface area (Å²) in [6.07, 6.45) is 4.04. The van der Waals surface area contributed by atoms with Crippen LogP contribution >= 0.6 is 11.6 Å². The average Bonchev–Trinajstić information content (AvgIpc) is 2.15. The van der Waals surface area contributed by atoms with Crippen LogP contribution in [0.1, 0.15) is 18.1 Å². The molecule has 1 heteroatoms. The molecule has 0 saturated carbocycles. The van der Waals surface area contributed by atoms with E-state index < -0.39 is 0 Å². The summed E-state index contributed by atoms with van der Waals surface area (Å²) in [5.74, 6) is 0.574. The zero-order valence-electron chi connectivity index (χ0n) is 7.76. The van der Waals surface area contributed by atoms with Gasteiger partial charge < -0.3 is 0 Å². The normalized spacial score (nSPS) is 10.6. The molecular formula is C12H13Cl. The van der Waals surface area contributed by atoms with Gasteiger partial charge in [0.1, 0.15) is 0 Å². The van der Waals surface area contributed by atoms with Gasteiger partial charge in [-0.3, -0.25) is 0 Å². The van der Waals surface area contributed by atoms with Crippen molar-refractivity contribution in [1.29, 1.82) is 0 Å². The van der Waals surface area contributed by atoms with Gasteiger partial charge >= 0.3 is 0 Å². The van der Waals surface area contributed by atoms with Crippen LogP contribution in [0.15, 0.2) is 42.5 Å². The molecule has 0 heterocycles. The maximum absolute atomic E-state index is 5.67. The maximum Gasteiger partial charge on any atom is 0.0474 e. The number of hydrogen-bond donors (Lipinski definition) is 0. The predicted octanol–water partition coefficient (Wildman–Crippen LogP) is 4.01. The summed E-state index contributed by atoms with van der Waals surface area (Å²) in [6.45, 7) is 5.77. The lowest BCUT2D eigenvalue weighted by Crippen LogP contribution is -1.77. The van der Waals surface area contributed by atoms with Crippen LogP contribution < -0.4 is 0 Å². The molecule has 0 atom stereocenters. The summed E-state index contributed by atoms with van der Waals surface area (Å²) in [5, 5.41) is 0. The quantitative estimate of drug-likeness (QED) is 0.502. The van der Waals surface area contributed by atoms with Crippen molar-refractivity contribution in [3.05, 3.63) is 53.6 Å². The van der Waals surface area contributed by atoms with E-state index in [2.05, 4.69) is 18.7 Å². The van der Waals surface area contributed by atoms with E-state index in [-0.39, 0.29) is 0 Å². The predicted molar refractivity (Wildman–Crippen MR) is 59.8 cm³/mol. The molecule has 0 unspecified atom stereocenters. The van der Waals surface area contributed by atoms with Crippen LogP contribution in [0.25, 0.3) is 6.08 Å². The smallest absolute Gasteiger partial charge is 0.0474 e. The fourth-order valence-corrected chi connectivity index (χ4v) is 1.13. The number of halogens is 1. The Morgan fingerprint density at radius 1 is 1.38 bits per heavy atom. The second-order valence-electron chi connectivity index (χ2n) is 3.05. The highest BCUT2D eigenvalue weighted by molar-refractivity contribution is 6.17. The molecule has 0 aliphatic rings. The Morgan fingerprint density at radius 3 is 2.46 bits per heavy atom. The van der Waals surface area contributed by atoms with Gasteiger partial charge in [-0.1, -0.05) is 48.6 Å². The van der Waals surface area contributed by atoms with E-state index in [1.807, 2.05) is 31.2 Å². The van der Waals surface area contributed by atoms with E-state index in [0.29, 0.717) is 5.88 Å². The van der Waals surface area contributed by atoms with E-state index >= 15 is 0 Å². The molecule has 0 aliphatic heterocycles. The Balaban J connectivity index is 2.75. The molecule has 0 amide bonds. The Kier molecular flexibility index (Phi) is 3.78. The van der Waals surface area contributed by atoms with Crippen LogP contribution in [-0.4, -0.2) is 0 Å². The topological polar surface area (TPSA) is 0 Å². The molecule has 1 aromatic carbocycles. The summed E-state index contributed by atoms with van der Waals surface area (Å²) >= 11 is 5.67. The third-order valence-electron chi connectivity index (χ3n) is 1.69. The summed E-state index contributed by atoms with van der Waals surface area (Å²) in [5.41, 5.74) is 3.38. The monoisotopic (exact) mass is 192 g/mol. The summed E-state index contributed by atoms with van der Waals surface area (Å²) in [7, 11) is 0. The van der Waals surface area contributed by atoms with Crippen LogP contribution in [0.3, 0.4) is 0 Å². The van der Waals surface area contributed by atoms with Crippen LogP contribution in [0.5, 0.6) is 0 Å². The summed E-state index contributed by atoms with van der Waals surface area (Å²) < 4.78 is 0. The lowest BCUT2D eigenvalue weighted by atomic mass is 10.1. The zero-order valence-corrected chi connectivity index (χ0v) is 8.51. The standard InChI is InChI=1S/C12H13Cl/c1-10(2)3-4-11-5-7-12(9-13)8-6-11/h3-8H,1,9H2,2H3. The van der Waals surface area contributed by atoms with Crippen molar-refractivity contribution in [2.24, 2.45) is 0 Å². The minimum absolute atomic E-state index is 0.574. The molecular weight excluding hydrogens is 180 g/mol. The Bertz CT molecular complexity index is 306. The number of rotatable bonds is 3. The molecule has 0 fully saturated rings. The van der Waals surface area contributed by atoms with Crippen molar-refractivity contribution in [1.82, 2.24) is 0 Å². The van der Waals surface area contributed by atoms with Gasteiger partial charge in [-0.05, 0) is 18.1 Å². The summed E-state index contributed by atoms with van der Waals surface area (Å²) in [4.78, 5) is 0. The van der Waals surface area contributed by atoms with Crippen molar-refractivity contribution in [3.63, 3.8) is 0 Å². The summed E-state index contributed by atoms with van der Waals surface area (Å²) in [6, 6.07) is 8.17. The van der Waals surface area contributed by atoms with Crippen molar-refractivity contribution < 1.29 is 0 Å². The number of hydrogen-bond acceptors (Lipinski definition) is 0. The highest BCUT2D eigenvalue weighted by Gasteiger charge is 1.89. The third-order valence-corrected chi connectivity index (χ3v) is 2.00. The van der Waals surface area contributed by atoms with E-state index in [0.717, 1.165) is 11.1 Å². The van der Waals surface area contributed by atoms with E-state index in [1.165, 1.54) is 5.56 Å². The van der Waals surface area contributed by atoms with Crippen molar-refractivity contribution >= 4 is 17.7 Å². The molecule has 0 saturated heterocycles. The van der Waals surface area contributed by atoms with Gasteiger partial charge in [0.2, 0.25) is 0 Å². The molecule has 0 aromatic heterocycles.